The van der Waals surface area contributed by atoms with Crippen molar-refractivity contribution in [2.45, 2.75) is 19.1 Å². The number of hydrogen-bond donors (Lipinski definition) is 0. The molecule has 8 aromatic rings. The van der Waals surface area contributed by atoms with Gasteiger partial charge in [0, 0.05) is 30.7 Å². The van der Waals surface area contributed by atoms with Crippen molar-refractivity contribution in [1.29, 1.82) is 0 Å². The fourth-order valence-electron chi connectivity index (χ4n) is 5.46. The van der Waals surface area contributed by atoms with E-state index in [1.165, 1.54) is 0 Å². The molecule has 0 radical (unpaired) electrons. The van der Waals surface area contributed by atoms with Crippen molar-refractivity contribution in [1.82, 2.24) is 0 Å². The first-order chi connectivity index (χ1) is 40.0. The van der Waals surface area contributed by atoms with Crippen molar-refractivity contribution >= 4 is 27.8 Å². The molecule has 0 spiro atoms. The minimum absolute atomic E-state index is 0.195. The van der Waals surface area contributed by atoms with Gasteiger partial charge in [-0.1, -0.05) is 159 Å². The lowest BCUT2D eigenvalue weighted by molar-refractivity contribution is 0.645. The first-order valence-electron chi connectivity index (χ1n) is 32.9. The van der Waals surface area contributed by atoms with E-state index in [4.69, 9.17) is 31.5 Å². The number of fused-ring (bicyclic) bond motifs is 2. The maximum Gasteiger partial charge on any atom is 0.0651 e. The molecule has 1 nitrogen and oxygen atoms in total. The van der Waals surface area contributed by atoms with Gasteiger partial charge in [0.15, 0.2) is 0 Å². The molecule has 8 aromatic carbocycles. The molecule has 238 valence electrons. The highest BCUT2D eigenvalue weighted by atomic mass is 15.1. The Morgan fingerprint density at radius 2 is 1.00 bits per heavy atom. The Balaban J connectivity index is 1.61. The number of hydrogen-bond acceptors (Lipinski definition) is 1. The number of para-hydroxylation sites is 1. The lowest BCUT2D eigenvalue weighted by Gasteiger charge is -2.36. The lowest BCUT2D eigenvalue weighted by atomic mass is 9.67. The van der Waals surface area contributed by atoms with Crippen LogP contribution < -0.4 is 4.90 Å². The van der Waals surface area contributed by atoms with E-state index in [1.807, 2.05) is 0 Å². The van der Waals surface area contributed by atoms with Gasteiger partial charge in [-0.15, -0.1) is 0 Å². The van der Waals surface area contributed by atoms with Gasteiger partial charge in [0.25, 0.3) is 0 Å². The van der Waals surface area contributed by atoms with Gasteiger partial charge in [0.1, 0.15) is 0 Å². The zero-order valence-corrected chi connectivity index (χ0v) is 24.9. The van der Waals surface area contributed by atoms with E-state index in [9.17, 15) is 19.2 Å². The first-order valence-corrected chi connectivity index (χ1v) is 14.4. The van der Waals surface area contributed by atoms with Crippen LogP contribution in [0.4, 0.5) is 17.1 Å². The summed E-state index contributed by atoms with van der Waals surface area (Å²) in [6.07, 6.45) is 0. The monoisotopic (exact) mass is 677 g/mol. The third-order valence-corrected chi connectivity index (χ3v) is 7.63. The van der Waals surface area contributed by atoms with Gasteiger partial charge in [-0.25, -0.2) is 0 Å². The molecule has 0 heterocycles. The summed E-state index contributed by atoms with van der Waals surface area (Å²) in [5, 5.41) is -2.13. The smallest absolute Gasteiger partial charge is 0.0651 e. The molecule has 0 bridgehead atoms. The predicted octanol–water partition coefficient (Wildman–Crippen LogP) is 13.6. The summed E-state index contributed by atoms with van der Waals surface area (Å²) in [7, 11) is 0. The average molecular weight is 677 g/mol. The van der Waals surface area contributed by atoms with Crippen molar-refractivity contribution in [3.8, 4) is 44.5 Å². The van der Waals surface area contributed by atoms with E-state index in [1.54, 1.807) is 0 Å². The molecule has 0 N–H and O–H groups in total. The Bertz CT molecular complexity index is 4370. The summed E-state index contributed by atoms with van der Waals surface area (Å²) in [4.78, 5) is 0.195. The molecule has 0 unspecified atom stereocenters. The van der Waals surface area contributed by atoms with Gasteiger partial charge >= 0.3 is 0 Å². The SMILES string of the molecule is [2H]c1c([2H])c([2H])c(-c2c([2H])c([2H])c(N(c3c([2H])c([2H])c([2H])c([2H])c3[2H])c3c([2H])c([2H])c([2H])c(-c4c([2H])c([2H])c5c([2H])c([2H])c([2H])c6c5c4-c4c([2H])c(-c5c([2H])c([2H])c([2H])c([2H])c5[2H])c([2H])c([2H])c4C6(C([2H])([2H])[2H])C([2H])([2H])[2H])c3[2H])c([2H])c2[2H])c([2H])c1[2H]. The minimum atomic E-state index is -4.15. The van der Waals surface area contributed by atoms with Crippen molar-refractivity contribution in [3.05, 3.63) is 198 Å². The molecule has 0 fully saturated rings. The minimum Gasteiger partial charge on any atom is -0.310 e. The van der Waals surface area contributed by atoms with Crippen molar-refractivity contribution < 1.29 is 50.7 Å². The molecular weight excluding hydrogens is 603 g/mol. The maximum absolute atomic E-state index is 10.2. The number of benzene rings is 8. The van der Waals surface area contributed by atoms with Gasteiger partial charge in [-0.2, -0.15) is 0 Å². The van der Waals surface area contributed by atoms with Crippen LogP contribution in [0.25, 0.3) is 55.3 Å². The fourth-order valence-corrected chi connectivity index (χ4v) is 5.46. The van der Waals surface area contributed by atoms with Crippen LogP contribution in [0.15, 0.2) is 187 Å². The molecule has 9 rings (SSSR count). The second-order valence-electron chi connectivity index (χ2n) is 10.5. The Kier molecular flexibility index (Phi) is 2.46. The maximum atomic E-state index is 10.2. The van der Waals surface area contributed by atoms with Crippen LogP contribution in [0.5, 0.6) is 0 Å². The van der Waals surface area contributed by atoms with E-state index < -0.39 is 290 Å². The van der Waals surface area contributed by atoms with Crippen LogP contribution in [-0.4, -0.2) is 0 Å². The quantitative estimate of drug-likeness (QED) is 0.169. The Morgan fingerprint density at radius 1 is 0.420 bits per heavy atom. The number of rotatable bonds is 6. The second kappa shape index (κ2) is 12.1. The zero-order valence-electron chi connectivity index (χ0n) is 61.9. The molecule has 50 heavy (non-hydrogen) atoms. The molecule has 1 heteroatoms. The molecule has 0 amide bonds. The largest absolute Gasteiger partial charge is 0.310 e. The standard InChI is InChI=1S/C49H37N/c1-49(2)45-31-27-38(35-16-8-4-9-17-35)33-44(45)48-43(30-26-37-18-13-23-46(49)47(37)48)39-19-12-22-42(32-39)50(40-20-10-5-11-21-40)41-28-24-36(25-29-41)34-14-6-3-7-15-34/h3-33H,1-2H3/i1D3,2D3,3D,4D,5D,6D,7D,8D,9D,10D,11D,12D,13D,14D,15D,16D,17D,18D,19D,20D,21D,22D,23D,24D,25D,26D,27D,28D,29D,30D,31D,32D,33D. The Labute approximate surface area is 346 Å². The molecule has 0 atom stereocenters. The van der Waals surface area contributed by atoms with Crippen molar-refractivity contribution in [2.75, 3.05) is 4.90 Å². The summed E-state index contributed by atoms with van der Waals surface area (Å²) in [5.74, 6) is 0. The van der Waals surface area contributed by atoms with Crippen LogP contribution >= 0.6 is 0 Å². The fraction of sp³-hybridized carbons (Fsp3) is 0.0612. The van der Waals surface area contributed by atoms with Crippen LogP contribution in [0.3, 0.4) is 0 Å². The summed E-state index contributed by atoms with van der Waals surface area (Å²) in [6.45, 7) is -8.29. The van der Waals surface area contributed by atoms with Crippen LogP contribution in [0.2, 0.25) is 0 Å². The summed E-state index contributed by atoms with van der Waals surface area (Å²) >= 11 is 0. The first kappa shape index (κ1) is 10.2. The molecule has 0 aliphatic heterocycles. The highest BCUT2D eigenvalue weighted by Crippen LogP contribution is 2.53. The van der Waals surface area contributed by atoms with Gasteiger partial charge < -0.3 is 4.90 Å². The third kappa shape index (κ3) is 5.02. The predicted molar refractivity (Wildman–Crippen MR) is 213 cm³/mol. The second-order valence-corrected chi connectivity index (χ2v) is 10.5. The summed E-state index contributed by atoms with van der Waals surface area (Å²) in [5.41, 5.74) is -19.4. The molecule has 0 saturated heterocycles. The number of nitrogens with zero attached hydrogens (tertiary/aromatic N) is 1. The van der Waals surface area contributed by atoms with Gasteiger partial charge in [-0.05, 0) is 109 Å². The van der Waals surface area contributed by atoms with E-state index >= 15 is 0 Å². The average Bonchev–Trinajstić information content (AvgIpc) is 0.658. The van der Waals surface area contributed by atoms with E-state index in [0.29, 0.717) is 0 Å². The topological polar surface area (TPSA) is 3.24 Å². The Hall–Kier alpha value is -6.18. The number of anilines is 3. The molecule has 1 aliphatic rings. The van der Waals surface area contributed by atoms with Gasteiger partial charge in [0.05, 0.1) is 42.5 Å². The molecular formula is C49H37N. The van der Waals surface area contributed by atoms with Crippen molar-refractivity contribution in [3.63, 3.8) is 0 Å². The molecule has 0 aromatic heterocycles. The Morgan fingerprint density at radius 3 is 1.72 bits per heavy atom. The lowest BCUT2D eigenvalue weighted by Crippen LogP contribution is -2.24. The van der Waals surface area contributed by atoms with E-state index in [2.05, 4.69) is 0 Å². The van der Waals surface area contributed by atoms with E-state index in [-0.39, 0.29) is 4.90 Å². The van der Waals surface area contributed by atoms with Crippen LogP contribution in [0.1, 0.15) is 75.5 Å². The highest BCUT2D eigenvalue weighted by Gasteiger charge is 2.35. The van der Waals surface area contributed by atoms with Crippen molar-refractivity contribution in [2.24, 2.45) is 0 Å². The van der Waals surface area contributed by atoms with Crippen LogP contribution in [0, 0.1) is 0 Å². The third-order valence-electron chi connectivity index (χ3n) is 7.63. The normalized spacial score (nSPS) is 23.7. The summed E-state index contributed by atoms with van der Waals surface area (Å²) in [6, 6.07) is -38.3. The summed E-state index contributed by atoms with van der Waals surface area (Å²) < 4.78 is 335. The van der Waals surface area contributed by atoms with Gasteiger partial charge in [-0.3, -0.25) is 0 Å². The molecule has 1 aliphatic carbocycles. The molecule has 0 saturated carbocycles. The van der Waals surface area contributed by atoms with Gasteiger partial charge in [0.2, 0.25) is 0 Å². The highest BCUT2D eigenvalue weighted by molar-refractivity contribution is 6.10. The van der Waals surface area contributed by atoms with E-state index in [0.717, 1.165) is 0 Å². The zero-order chi connectivity index (χ0) is 65.6. The van der Waals surface area contributed by atoms with Crippen LogP contribution in [-0.2, 0) is 5.41 Å².